The van der Waals surface area contributed by atoms with Crippen molar-refractivity contribution in [2.75, 3.05) is 13.2 Å². The van der Waals surface area contributed by atoms with E-state index in [0.717, 1.165) is 30.7 Å². The maximum absolute atomic E-state index is 11.3. The number of carbonyl (C=O) groups excluding carboxylic acids is 1. The van der Waals surface area contributed by atoms with Gasteiger partial charge in [0.1, 0.15) is 0 Å². The van der Waals surface area contributed by atoms with Gasteiger partial charge in [-0.05, 0) is 18.9 Å². The van der Waals surface area contributed by atoms with Crippen LogP contribution in [0.15, 0.2) is 41.6 Å². The fourth-order valence-electron chi connectivity index (χ4n) is 1.92. The number of esters is 1. The molecule has 0 unspecified atom stereocenters. The second-order valence-electron chi connectivity index (χ2n) is 4.15. The Bertz CT molecular complexity index is 423. The molecular formula is C14H17NO2. The summed E-state index contributed by atoms with van der Waals surface area (Å²) in [6.45, 7) is 3.30. The summed E-state index contributed by atoms with van der Waals surface area (Å²) in [6.07, 6.45) is 1.68. The van der Waals surface area contributed by atoms with E-state index in [0.29, 0.717) is 6.61 Å². The van der Waals surface area contributed by atoms with Crippen LogP contribution < -0.4 is 5.32 Å². The number of ether oxygens (including phenoxy) is 1. The topological polar surface area (TPSA) is 38.3 Å². The minimum absolute atomic E-state index is 0.172. The van der Waals surface area contributed by atoms with E-state index in [4.69, 9.17) is 4.74 Å². The SMILES string of the molecule is C/C(NCCc1ccccc1)=C1/CCOC1=O. The molecule has 1 aliphatic rings. The first-order chi connectivity index (χ1) is 8.27. The molecule has 1 fully saturated rings. The molecule has 17 heavy (non-hydrogen) atoms. The third-order valence-corrected chi connectivity index (χ3v) is 2.93. The standard InChI is InChI=1S/C14H17NO2/c1-11(13-8-10-17-14(13)16)15-9-7-12-5-3-2-4-6-12/h2-6,15H,7-10H2,1H3/b13-11+. The Morgan fingerprint density at radius 1 is 1.35 bits per heavy atom. The molecule has 3 nitrogen and oxygen atoms in total. The second kappa shape index (κ2) is 5.53. The van der Waals surface area contributed by atoms with Gasteiger partial charge in [0, 0.05) is 18.7 Å². The van der Waals surface area contributed by atoms with E-state index in [1.807, 2.05) is 25.1 Å². The summed E-state index contributed by atoms with van der Waals surface area (Å²) < 4.78 is 4.91. The van der Waals surface area contributed by atoms with E-state index >= 15 is 0 Å². The van der Waals surface area contributed by atoms with E-state index in [1.165, 1.54) is 5.56 Å². The summed E-state index contributed by atoms with van der Waals surface area (Å²) in [7, 11) is 0. The summed E-state index contributed by atoms with van der Waals surface area (Å²) >= 11 is 0. The monoisotopic (exact) mass is 231 g/mol. The molecule has 0 saturated carbocycles. The molecule has 0 atom stereocenters. The van der Waals surface area contributed by atoms with Crippen molar-refractivity contribution in [3.8, 4) is 0 Å². The minimum atomic E-state index is -0.172. The highest BCUT2D eigenvalue weighted by Crippen LogP contribution is 2.15. The molecule has 0 aliphatic carbocycles. The third kappa shape index (κ3) is 3.09. The zero-order chi connectivity index (χ0) is 12.1. The Kier molecular flexibility index (Phi) is 3.81. The number of carbonyl (C=O) groups is 1. The van der Waals surface area contributed by atoms with Crippen LogP contribution in [0.1, 0.15) is 18.9 Å². The normalized spacial score (nSPS) is 17.8. The summed E-state index contributed by atoms with van der Waals surface area (Å²) in [5.41, 5.74) is 3.04. The van der Waals surface area contributed by atoms with Gasteiger partial charge in [0.2, 0.25) is 0 Å². The molecule has 90 valence electrons. The van der Waals surface area contributed by atoms with Crippen LogP contribution in [-0.2, 0) is 16.0 Å². The molecule has 0 spiro atoms. The molecule has 3 heteroatoms. The molecule has 0 aromatic heterocycles. The molecule has 1 saturated heterocycles. The van der Waals surface area contributed by atoms with Gasteiger partial charge in [-0.15, -0.1) is 0 Å². The highest BCUT2D eigenvalue weighted by Gasteiger charge is 2.20. The Morgan fingerprint density at radius 3 is 2.76 bits per heavy atom. The van der Waals surface area contributed by atoms with Crippen molar-refractivity contribution in [1.82, 2.24) is 5.32 Å². The molecule has 1 aliphatic heterocycles. The zero-order valence-electron chi connectivity index (χ0n) is 10.0. The van der Waals surface area contributed by atoms with E-state index in [9.17, 15) is 4.79 Å². The highest BCUT2D eigenvalue weighted by molar-refractivity contribution is 5.90. The summed E-state index contributed by atoms with van der Waals surface area (Å²) in [5, 5.41) is 3.28. The van der Waals surface area contributed by atoms with Gasteiger partial charge in [0.05, 0.1) is 12.2 Å². The van der Waals surface area contributed by atoms with Crippen LogP contribution in [0, 0.1) is 0 Å². The predicted octanol–water partition coefficient (Wildman–Crippen LogP) is 2.04. The van der Waals surface area contributed by atoms with Crippen molar-refractivity contribution in [2.45, 2.75) is 19.8 Å². The fourth-order valence-corrected chi connectivity index (χ4v) is 1.92. The first-order valence-electron chi connectivity index (χ1n) is 5.92. The van der Waals surface area contributed by atoms with E-state index in [1.54, 1.807) is 0 Å². The lowest BCUT2D eigenvalue weighted by molar-refractivity contribution is -0.135. The highest BCUT2D eigenvalue weighted by atomic mass is 16.5. The quantitative estimate of drug-likeness (QED) is 0.636. The van der Waals surface area contributed by atoms with Gasteiger partial charge in [-0.2, -0.15) is 0 Å². The number of benzene rings is 1. The molecule has 0 bridgehead atoms. The lowest BCUT2D eigenvalue weighted by Gasteiger charge is -2.08. The smallest absolute Gasteiger partial charge is 0.335 e. The fraction of sp³-hybridized carbons (Fsp3) is 0.357. The average molecular weight is 231 g/mol. The van der Waals surface area contributed by atoms with Crippen molar-refractivity contribution >= 4 is 5.97 Å². The Hall–Kier alpha value is -1.77. The average Bonchev–Trinajstić information content (AvgIpc) is 2.77. The van der Waals surface area contributed by atoms with Crippen molar-refractivity contribution in [1.29, 1.82) is 0 Å². The van der Waals surface area contributed by atoms with E-state index in [2.05, 4.69) is 17.4 Å². The number of rotatable bonds is 4. The maximum atomic E-state index is 11.3. The molecule has 0 amide bonds. The summed E-state index contributed by atoms with van der Waals surface area (Å²) in [4.78, 5) is 11.3. The minimum Gasteiger partial charge on any atom is -0.462 e. The summed E-state index contributed by atoms with van der Waals surface area (Å²) in [5.74, 6) is -0.172. The van der Waals surface area contributed by atoms with Gasteiger partial charge >= 0.3 is 5.97 Å². The van der Waals surface area contributed by atoms with Crippen molar-refractivity contribution in [2.24, 2.45) is 0 Å². The van der Waals surface area contributed by atoms with Crippen LogP contribution in [0.2, 0.25) is 0 Å². The van der Waals surface area contributed by atoms with Crippen LogP contribution in [0.5, 0.6) is 0 Å². The first-order valence-corrected chi connectivity index (χ1v) is 5.92. The first kappa shape index (κ1) is 11.7. The Balaban J connectivity index is 1.85. The van der Waals surface area contributed by atoms with Crippen LogP contribution in [0.4, 0.5) is 0 Å². The van der Waals surface area contributed by atoms with E-state index in [-0.39, 0.29) is 5.97 Å². The molecule has 1 aromatic carbocycles. The van der Waals surface area contributed by atoms with Gasteiger partial charge in [-0.3, -0.25) is 0 Å². The number of allylic oxidation sites excluding steroid dienone is 1. The molecule has 2 rings (SSSR count). The largest absolute Gasteiger partial charge is 0.462 e. The van der Waals surface area contributed by atoms with Crippen LogP contribution in [0.3, 0.4) is 0 Å². The van der Waals surface area contributed by atoms with Crippen LogP contribution >= 0.6 is 0 Å². The van der Waals surface area contributed by atoms with Crippen LogP contribution in [-0.4, -0.2) is 19.1 Å². The molecular weight excluding hydrogens is 214 g/mol. The van der Waals surface area contributed by atoms with Gasteiger partial charge < -0.3 is 10.1 Å². The van der Waals surface area contributed by atoms with Gasteiger partial charge in [-0.1, -0.05) is 30.3 Å². The number of nitrogens with one attached hydrogen (secondary N) is 1. The second-order valence-corrected chi connectivity index (χ2v) is 4.15. The molecule has 1 aromatic rings. The zero-order valence-corrected chi connectivity index (χ0v) is 10.0. The van der Waals surface area contributed by atoms with E-state index < -0.39 is 0 Å². The number of hydrogen-bond acceptors (Lipinski definition) is 3. The Labute approximate surface area is 101 Å². The lowest BCUT2D eigenvalue weighted by atomic mass is 10.1. The number of hydrogen-bond donors (Lipinski definition) is 1. The molecule has 1 N–H and O–H groups in total. The third-order valence-electron chi connectivity index (χ3n) is 2.93. The van der Waals surface area contributed by atoms with Gasteiger partial charge in [-0.25, -0.2) is 4.79 Å². The predicted molar refractivity (Wildman–Crippen MR) is 66.4 cm³/mol. The maximum Gasteiger partial charge on any atom is 0.335 e. The van der Waals surface area contributed by atoms with Crippen LogP contribution in [0.25, 0.3) is 0 Å². The number of cyclic esters (lactones) is 1. The van der Waals surface area contributed by atoms with Gasteiger partial charge in [0.25, 0.3) is 0 Å². The Morgan fingerprint density at radius 2 is 2.12 bits per heavy atom. The van der Waals surface area contributed by atoms with Crippen molar-refractivity contribution in [3.63, 3.8) is 0 Å². The lowest BCUT2D eigenvalue weighted by Crippen LogP contribution is -2.17. The van der Waals surface area contributed by atoms with Gasteiger partial charge in [0.15, 0.2) is 0 Å². The summed E-state index contributed by atoms with van der Waals surface area (Å²) in [6, 6.07) is 10.3. The molecule has 1 heterocycles. The van der Waals surface area contributed by atoms with Crippen molar-refractivity contribution in [3.05, 3.63) is 47.2 Å². The molecule has 0 radical (unpaired) electrons. The van der Waals surface area contributed by atoms with Crippen molar-refractivity contribution < 1.29 is 9.53 Å².